The first-order valence-corrected chi connectivity index (χ1v) is 11.3. The van der Waals surface area contributed by atoms with Gasteiger partial charge in [-0.2, -0.15) is 0 Å². The molecule has 0 aliphatic heterocycles. The minimum absolute atomic E-state index is 0.153. The lowest BCUT2D eigenvalue weighted by Gasteiger charge is -2.58. The van der Waals surface area contributed by atoms with Crippen molar-refractivity contribution < 1.29 is 23.8 Å². The van der Waals surface area contributed by atoms with E-state index < -0.39 is 5.97 Å². The molecule has 5 nitrogen and oxygen atoms in total. The summed E-state index contributed by atoms with van der Waals surface area (Å²) in [6, 6.07) is 1.87. The first kappa shape index (κ1) is 22.6. The van der Waals surface area contributed by atoms with E-state index in [0.29, 0.717) is 17.9 Å². The van der Waals surface area contributed by atoms with Crippen LogP contribution in [0.25, 0.3) is 0 Å². The number of carboxylic acids is 1. The van der Waals surface area contributed by atoms with E-state index in [1.807, 2.05) is 26.0 Å². The highest BCUT2D eigenvalue weighted by Crippen LogP contribution is 2.62. The molecule has 1 N–H and O–H groups in total. The lowest BCUT2D eigenvalue weighted by Crippen LogP contribution is -2.51. The highest BCUT2D eigenvalue weighted by Gasteiger charge is 2.56. The fourth-order valence-corrected chi connectivity index (χ4v) is 5.87. The first-order valence-electron chi connectivity index (χ1n) is 11.3. The number of carbonyl (C=O) groups is 2. The van der Waals surface area contributed by atoms with E-state index in [-0.39, 0.29) is 34.7 Å². The second kappa shape index (κ2) is 8.60. The van der Waals surface area contributed by atoms with E-state index in [4.69, 9.17) is 9.15 Å². The lowest BCUT2D eigenvalue weighted by atomic mass is 9.46. The van der Waals surface area contributed by atoms with Crippen molar-refractivity contribution in [3.8, 4) is 0 Å². The quantitative estimate of drug-likeness (QED) is 0.538. The second-order valence-corrected chi connectivity index (χ2v) is 9.91. The van der Waals surface area contributed by atoms with Gasteiger partial charge in [-0.3, -0.25) is 4.79 Å². The first-order chi connectivity index (χ1) is 14.1. The van der Waals surface area contributed by atoms with Crippen LogP contribution in [0.15, 0.2) is 34.7 Å². The van der Waals surface area contributed by atoms with Crippen LogP contribution in [0.3, 0.4) is 0 Å². The summed E-state index contributed by atoms with van der Waals surface area (Å²) in [6.45, 7) is 10.5. The molecular formula is C25H36O5. The number of allylic oxidation sites excluding steroid dienone is 1. The molecule has 0 radical (unpaired) electrons. The molecule has 1 aromatic heterocycles. The summed E-state index contributed by atoms with van der Waals surface area (Å²) in [5.74, 6) is -0.513. The van der Waals surface area contributed by atoms with E-state index in [2.05, 4.69) is 20.8 Å². The van der Waals surface area contributed by atoms with Crippen LogP contribution in [0.2, 0.25) is 0 Å². The fourth-order valence-electron chi connectivity index (χ4n) is 5.87. The van der Waals surface area contributed by atoms with Gasteiger partial charge in [0.1, 0.15) is 6.10 Å². The van der Waals surface area contributed by atoms with Gasteiger partial charge in [0.2, 0.25) is 0 Å². The lowest BCUT2D eigenvalue weighted by molar-refractivity contribution is -0.159. The Bertz CT molecular complexity index is 794. The van der Waals surface area contributed by atoms with E-state index >= 15 is 0 Å². The number of carbonyl (C=O) groups excluding carboxylic acids is 1. The number of esters is 1. The zero-order valence-corrected chi connectivity index (χ0v) is 18.9. The molecule has 0 amide bonds. The highest BCUT2D eigenvalue weighted by molar-refractivity contribution is 5.88. The number of rotatable bonds is 7. The molecule has 5 heteroatoms. The molecule has 6 unspecified atom stereocenters. The predicted octanol–water partition coefficient (Wildman–Crippen LogP) is 6.16. The maximum absolute atomic E-state index is 12.7. The van der Waals surface area contributed by atoms with Crippen molar-refractivity contribution in [3.63, 3.8) is 0 Å². The Morgan fingerprint density at radius 2 is 2.07 bits per heavy atom. The van der Waals surface area contributed by atoms with Crippen LogP contribution in [0.1, 0.15) is 84.8 Å². The maximum atomic E-state index is 12.7. The number of carboxylic acid groups (broad SMARTS) is 1. The Kier molecular flexibility index (Phi) is 6.49. The summed E-state index contributed by atoms with van der Waals surface area (Å²) in [6.07, 6.45) is 9.81. The van der Waals surface area contributed by atoms with Gasteiger partial charge in [-0.25, -0.2) is 4.79 Å². The van der Waals surface area contributed by atoms with Crippen LogP contribution in [-0.4, -0.2) is 17.0 Å². The van der Waals surface area contributed by atoms with Gasteiger partial charge >= 0.3 is 11.9 Å². The van der Waals surface area contributed by atoms with Gasteiger partial charge in [-0.15, -0.1) is 0 Å². The smallest absolute Gasteiger partial charge is 0.331 e. The average Bonchev–Trinajstić information content (AvgIpc) is 3.24. The molecule has 0 saturated heterocycles. The van der Waals surface area contributed by atoms with Gasteiger partial charge in [0.05, 0.1) is 18.4 Å². The molecule has 3 rings (SSSR count). The SMILES string of the molecule is CCC(C)C(=O)OC(CC1(C)C(C)CCC2(C)C(C(=O)O)=CCCC21)c1ccoc1. The molecule has 0 spiro atoms. The van der Waals surface area contributed by atoms with Crippen molar-refractivity contribution in [1.29, 1.82) is 0 Å². The van der Waals surface area contributed by atoms with Gasteiger partial charge in [0.15, 0.2) is 0 Å². The average molecular weight is 417 g/mol. The molecule has 1 aromatic rings. The van der Waals surface area contributed by atoms with Crippen LogP contribution in [0.5, 0.6) is 0 Å². The molecule has 1 saturated carbocycles. The normalized spacial score (nSPS) is 33.2. The summed E-state index contributed by atoms with van der Waals surface area (Å²) in [5.41, 5.74) is 0.928. The van der Waals surface area contributed by atoms with Gasteiger partial charge < -0.3 is 14.3 Å². The van der Waals surface area contributed by atoms with E-state index in [1.54, 1.807) is 12.5 Å². The Labute approximate surface area is 179 Å². The second-order valence-electron chi connectivity index (χ2n) is 9.91. The van der Waals surface area contributed by atoms with Gasteiger partial charge in [0, 0.05) is 16.6 Å². The standard InChI is InChI=1S/C25H36O5/c1-6-16(2)23(28)30-20(18-11-13-29-15-18)14-25(5)17(3)10-12-24(4)19(22(26)27)8-7-9-21(24)25/h8,11,13,15-17,20-21H,6-7,9-10,12,14H2,1-5H3,(H,26,27). The predicted molar refractivity (Wildman–Crippen MR) is 115 cm³/mol. The van der Waals surface area contributed by atoms with Crippen molar-refractivity contribution in [2.75, 3.05) is 0 Å². The number of hydrogen-bond acceptors (Lipinski definition) is 4. The Morgan fingerprint density at radius 3 is 2.67 bits per heavy atom. The summed E-state index contributed by atoms with van der Waals surface area (Å²) < 4.78 is 11.3. The summed E-state index contributed by atoms with van der Waals surface area (Å²) >= 11 is 0. The third-order valence-electron chi connectivity index (χ3n) is 8.25. The summed E-state index contributed by atoms with van der Waals surface area (Å²) in [7, 11) is 0. The topological polar surface area (TPSA) is 76.7 Å². The van der Waals surface area contributed by atoms with Crippen LogP contribution in [0, 0.1) is 28.6 Å². The third kappa shape index (κ3) is 3.95. The van der Waals surface area contributed by atoms with Crippen molar-refractivity contribution in [2.45, 2.75) is 79.2 Å². The Morgan fingerprint density at radius 1 is 1.33 bits per heavy atom. The minimum atomic E-state index is -0.798. The zero-order chi connectivity index (χ0) is 22.1. The molecule has 0 aromatic carbocycles. The number of fused-ring (bicyclic) bond motifs is 1. The summed E-state index contributed by atoms with van der Waals surface area (Å²) in [4.78, 5) is 24.7. The van der Waals surface area contributed by atoms with Crippen molar-refractivity contribution >= 4 is 11.9 Å². The molecule has 2 aliphatic carbocycles. The van der Waals surface area contributed by atoms with Crippen LogP contribution < -0.4 is 0 Å². The van der Waals surface area contributed by atoms with E-state index in [0.717, 1.165) is 37.7 Å². The molecule has 1 fully saturated rings. The van der Waals surface area contributed by atoms with Crippen molar-refractivity contribution in [2.24, 2.45) is 28.6 Å². The minimum Gasteiger partial charge on any atom is -0.478 e. The number of furan rings is 1. The van der Waals surface area contributed by atoms with Crippen LogP contribution in [0.4, 0.5) is 0 Å². The van der Waals surface area contributed by atoms with E-state index in [1.165, 1.54) is 0 Å². The zero-order valence-electron chi connectivity index (χ0n) is 18.9. The monoisotopic (exact) mass is 416 g/mol. The Hall–Kier alpha value is -2.04. The molecule has 6 atom stereocenters. The van der Waals surface area contributed by atoms with Crippen LogP contribution >= 0.6 is 0 Å². The van der Waals surface area contributed by atoms with Crippen molar-refractivity contribution in [1.82, 2.24) is 0 Å². The molecule has 0 bridgehead atoms. The fraction of sp³-hybridized carbons (Fsp3) is 0.680. The molecular weight excluding hydrogens is 380 g/mol. The number of hydrogen-bond donors (Lipinski definition) is 1. The van der Waals surface area contributed by atoms with Gasteiger partial charge in [0.25, 0.3) is 0 Å². The number of ether oxygens (including phenoxy) is 1. The van der Waals surface area contributed by atoms with E-state index in [9.17, 15) is 14.7 Å². The molecule has 1 heterocycles. The summed E-state index contributed by atoms with van der Waals surface area (Å²) in [5, 5.41) is 9.87. The molecule has 2 aliphatic rings. The van der Waals surface area contributed by atoms with Gasteiger partial charge in [-0.05, 0) is 61.8 Å². The molecule has 30 heavy (non-hydrogen) atoms. The highest BCUT2D eigenvalue weighted by atomic mass is 16.5. The Balaban J connectivity index is 1.95. The van der Waals surface area contributed by atoms with Gasteiger partial charge in [-0.1, -0.05) is 40.7 Å². The van der Waals surface area contributed by atoms with Crippen LogP contribution in [-0.2, 0) is 14.3 Å². The molecule has 166 valence electrons. The number of aliphatic carboxylic acids is 1. The maximum Gasteiger partial charge on any atom is 0.331 e. The third-order valence-corrected chi connectivity index (χ3v) is 8.25. The largest absolute Gasteiger partial charge is 0.478 e. The van der Waals surface area contributed by atoms with Crippen molar-refractivity contribution in [3.05, 3.63) is 35.8 Å².